The molecule has 1 heterocycles. The number of fused-ring (bicyclic) bond motifs is 1. The fourth-order valence-electron chi connectivity index (χ4n) is 2.97. The molecule has 4 aromatic rings. The Bertz CT molecular complexity index is 1240. The number of carbonyl (C=O) groups excluding carboxylic acids is 1. The predicted molar refractivity (Wildman–Crippen MR) is 110 cm³/mol. The number of methoxy groups -OCH3 is 2. The number of carbonyl (C=O) groups is 1. The zero-order valence-corrected chi connectivity index (χ0v) is 16.4. The van der Waals surface area contributed by atoms with Gasteiger partial charge in [0.15, 0.2) is 5.58 Å². The van der Waals surface area contributed by atoms with E-state index in [1.54, 1.807) is 55.6 Å². The molecule has 0 saturated heterocycles. The molecule has 3 aromatic carbocycles. The molecular formula is C22H16O6S. The Labute approximate surface area is 169 Å². The molecule has 4 rings (SSSR count). The van der Waals surface area contributed by atoms with Crippen LogP contribution in [0, 0.1) is 0 Å². The Balaban J connectivity index is 1.77. The summed E-state index contributed by atoms with van der Waals surface area (Å²) in [6.07, 6.45) is 0. The molecule has 0 bridgehead atoms. The molecule has 0 saturated carbocycles. The van der Waals surface area contributed by atoms with Crippen molar-refractivity contribution in [3.8, 4) is 28.4 Å². The molecule has 0 aliphatic heterocycles. The molecule has 7 heteroatoms. The van der Waals surface area contributed by atoms with Gasteiger partial charge in [0.25, 0.3) is 0 Å². The van der Waals surface area contributed by atoms with E-state index >= 15 is 0 Å². The summed E-state index contributed by atoms with van der Waals surface area (Å²) in [5.41, 5.74) is 2.20. The lowest BCUT2D eigenvalue weighted by Crippen LogP contribution is -2.10. The molecule has 1 aromatic heterocycles. The van der Waals surface area contributed by atoms with Crippen molar-refractivity contribution in [2.45, 2.75) is 0 Å². The van der Waals surface area contributed by atoms with Crippen molar-refractivity contribution >= 4 is 27.6 Å². The van der Waals surface area contributed by atoms with E-state index in [4.69, 9.17) is 18.6 Å². The molecular weight excluding hydrogens is 392 g/mol. The molecule has 0 atom stereocenters. The third-order valence-corrected chi connectivity index (χ3v) is 5.12. The third kappa shape index (κ3) is 3.72. The van der Waals surface area contributed by atoms with Crippen molar-refractivity contribution in [2.24, 2.45) is 0 Å². The van der Waals surface area contributed by atoms with E-state index in [1.165, 1.54) is 7.11 Å². The Morgan fingerprint density at radius 1 is 0.931 bits per heavy atom. The van der Waals surface area contributed by atoms with Crippen molar-refractivity contribution in [3.63, 3.8) is 0 Å². The predicted octanol–water partition coefficient (Wildman–Crippen LogP) is 4.76. The third-order valence-electron chi connectivity index (χ3n) is 4.35. The lowest BCUT2D eigenvalue weighted by atomic mass is 10.0. The highest BCUT2D eigenvalue weighted by atomic mass is 32.1. The highest BCUT2D eigenvalue weighted by Crippen LogP contribution is 2.35. The number of hydrogen-bond donors (Lipinski definition) is 0. The maximum absolute atomic E-state index is 12.7. The van der Waals surface area contributed by atoms with Crippen LogP contribution in [0.1, 0.15) is 10.4 Å². The molecule has 0 amide bonds. The molecule has 6 nitrogen and oxygen atoms in total. The van der Waals surface area contributed by atoms with Gasteiger partial charge in [0.1, 0.15) is 22.8 Å². The highest BCUT2D eigenvalue weighted by Gasteiger charge is 2.18. The zero-order valence-electron chi connectivity index (χ0n) is 15.6. The average molecular weight is 408 g/mol. The van der Waals surface area contributed by atoms with Gasteiger partial charge in [0, 0.05) is 11.6 Å². The number of benzene rings is 3. The first kappa shape index (κ1) is 18.8. The van der Waals surface area contributed by atoms with Crippen LogP contribution in [-0.4, -0.2) is 20.2 Å². The molecule has 0 fully saturated rings. The smallest absolute Gasteiger partial charge is 0.396 e. The van der Waals surface area contributed by atoms with Crippen LogP contribution in [0.15, 0.2) is 69.9 Å². The van der Waals surface area contributed by atoms with Crippen LogP contribution in [0.4, 0.5) is 0 Å². The molecule has 0 aliphatic rings. The van der Waals surface area contributed by atoms with Crippen LogP contribution in [-0.2, 0) is 0 Å². The molecule has 0 spiro atoms. The summed E-state index contributed by atoms with van der Waals surface area (Å²) in [4.78, 5) is 24.1. The standard InChI is InChI=1S/C22H16O6S/c1-25-14-9-7-13(8-10-14)17-11-15(12-19-20(17)28-22(24)29-19)27-21(23)16-5-3-4-6-18(16)26-2/h3-12H,1-2H3. The SMILES string of the molecule is COc1ccc(-c2cc(OC(=O)c3ccccc3OC)cc3sc(=O)oc23)cc1. The van der Waals surface area contributed by atoms with Crippen molar-refractivity contribution < 1.29 is 23.4 Å². The number of para-hydroxylation sites is 1. The number of esters is 1. The average Bonchev–Trinajstić information content (AvgIpc) is 3.13. The van der Waals surface area contributed by atoms with Gasteiger partial charge < -0.3 is 18.6 Å². The topological polar surface area (TPSA) is 75.0 Å². The largest absolute Gasteiger partial charge is 0.497 e. The lowest BCUT2D eigenvalue weighted by molar-refractivity contribution is 0.0731. The zero-order chi connectivity index (χ0) is 20.4. The van der Waals surface area contributed by atoms with Gasteiger partial charge in [-0.3, -0.25) is 0 Å². The fourth-order valence-corrected chi connectivity index (χ4v) is 3.70. The molecule has 0 unspecified atom stereocenters. The fraction of sp³-hybridized carbons (Fsp3) is 0.0909. The Morgan fingerprint density at radius 3 is 2.41 bits per heavy atom. The van der Waals surface area contributed by atoms with Crippen molar-refractivity contribution in [1.82, 2.24) is 0 Å². The van der Waals surface area contributed by atoms with E-state index in [0.29, 0.717) is 38.7 Å². The van der Waals surface area contributed by atoms with Crippen LogP contribution < -0.4 is 19.1 Å². The second-order valence-corrected chi connectivity index (χ2v) is 7.05. The van der Waals surface area contributed by atoms with E-state index in [1.807, 2.05) is 12.1 Å². The normalized spacial score (nSPS) is 10.7. The summed E-state index contributed by atoms with van der Waals surface area (Å²) in [6, 6.07) is 17.4. The Hall–Kier alpha value is -3.58. The molecule has 0 radical (unpaired) electrons. The summed E-state index contributed by atoms with van der Waals surface area (Å²) in [7, 11) is 3.08. The van der Waals surface area contributed by atoms with Gasteiger partial charge in [0.05, 0.1) is 18.9 Å². The van der Waals surface area contributed by atoms with Gasteiger partial charge in [-0.2, -0.15) is 0 Å². The van der Waals surface area contributed by atoms with Crippen LogP contribution in [0.3, 0.4) is 0 Å². The summed E-state index contributed by atoms with van der Waals surface area (Å²) in [5, 5.41) is 0. The first-order valence-corrected chi connectivity index (χ1v) is 9.48. The molecule has 146 valence electrons. The Kier molecular flexibility index (Phi) is 5.05. The summed E-state index contributed by atoms with van der Waals surface area (Å²) in [6.45, 7) is 0. The monoisotopic (exact) mass is 408 g/mol. The van der Waals surface area contributed by atoms with Crippen molar-refractivity contribution in [2.75, 3.05) is 14.2 Å². The number of hydrogen-bond acceptors (Lipinski definition) is 7. The maximum atomic E-state index is 12.7. The first-order valence-electron chi connectivity index (χ1n) is 8.66. The summed E-state index contributed by atoms with van der Waals surface area (Å²) >= 11 is 0.950. The second kappa shape index (κ2) is 7.81. The lowest BCUT2D eigenvalue weighted by Gasteiger charge is -2.10. The van der Waals surface area contributed by atoms with Crippen molar-refractivity contribution in [1.29, 1.82) is 0 Å². The maximum Gasteiger partial charge on any atom is 0.396 e. The van der Waals surface area contributed by atoms with Gasteiger partial charge in [-0.25, -0.2) is 9.59 Å². The summed E-state index contributed by atoms with van der Waals surface area (Å²) in [5.74, 6) is 0.868. The van der Waals surface area contributed by atoms with E-state index in [9.17, 15) is 9.59 Å². The van der Waals surface area contributed by atoms with Gasteiger partial charge >= 0.3 is 10.9 Å². The number of ether oxygens (including phenoxy) is 3. The first-order chi connectivity index (χ1) is 14.1. The summed E-state index contributed by atoms with van der Waals surface area (Å²) < 4.78 is 22.0. The Morgan fingerprint density at radius 2 is 1.69 bits per heavy atom. The highest BCUT2D eigenvalue weighted by molar-refractivity contribution is 7.16. The minimum atomic E-state index is -0.557. The second-order valence-electron chi connectivity index (χ2n) is 6.07. The van der Waals surface area contributed by atoms with E-state index in [0.717, 1.165) is 16.9 Å². The van der Waals surface area contributed by atoms with Crippen LogP contribution >= 0.6 is 11.3 Å². The quantitative estimate of drug-likeness (QED) is 0.350. The molecule has 0 N–H and O–H groups in total. The minimum Gasteiger partial charge on any atom is -0.497 e. The van der Waals surface area contributed by atoms with Gasteiger partial charge in [-0.05, 0) is 35.9 Å². The van der Waals surface area contributed by atoms with Gasteiger partial charge in [0.2, 0.25) is 0 Å². The molecule has 0 aliphatic carbocycles. The minimum absolute atomic E-state index is 0.302. The molecule has 29 heavy (non-hydrogen) atoms. The van der Waals surface area contributed by atoms with Gasteiger partial charge in [-0.15, -0.1) is 0 Å². The number of rotatable bonds is 5. The van der Waals surface area contributed by atoms with E-state index in [2.05, 4.69) is 0 Å². The van der Waals surface area contributed by atoms with Crippen LogP contribution in [0.2, 0.25) is 0 Å². The van der Waals surface area contributed by atoms with E-state index in [-0.39, 0.29) is 0 Å². The van der Waals surface area contributed by atoms with Crippen LogP contribution in [0.25, 0.3) is 21.4 Å². The van der Waals surface area contributed by atoms with E-state index < -0.39 is 10.9 Å². The van der Waals surface area contributed by atoms with Gasteiger partial charge in [-0.1, -0.05) is 35.6 Å². The van der Waals surface area contributed by atoms with Crippen molar-refractivity contribution in [3.05, 3.63) is 76.0 Å². The van der Waals surface area contributed by atoms with Crippen LogP contribution in [0.5, 0.6) is 17.2 Å².